The summed E-state index contributed by atoms with van der Waals surface area (Å²) >= 11 is 0. The Balaban J connectivity index is 1.70. The zero-order valence-electron chi connectivity index (χ0n) is 17.1. The Morgan fingerprint density at radius 2 is 1.97 bits per heavy atom. The molecule has 1 heterocycles. The van der Waals surface area contributed by atoms with Gasteiger partial charge in [-0.1, -0.05) is 30.3 Å². The first-order valence-electron chi connectivity index (χ1n) is 9.73. The van der Waals surface area contributed by atoms with Gasteiger partial charge in [0.2, 0.25) is 5.91 Å². The van der Waals surface area contributed by atoms with Gasteiger partial charge in [0.25, 0.3) is 0 Å². The average molecular weight is 417 g/mol. The molecule has 2 unspecified atom stereocenters. The predicted molar refractivity (Wildman–Crippen MR) is 115 cm³/mol. The highest BCUT2D eigenvalue weighted by molar-refractivity contribution is 7.91. The van der Waals surface area contributed by atoms with E-state index in [4.69, 9.17) is 4.74 Å². The molecule has 6 nitrogen and oxygen atoms in total. The largest absolute Gasteiger partial charge is 0.496 e. The van der Waals surface area contributed by atoms with E-state index in [2.05, 4.69) is 17.4 Å². The van der Waals surface area contributed by atoms with E-state index >= 15 is 0 Å². The topological polar surface area (TPSA) is 75.7 Å². The van der Waals surface area contributed by atoms with Crippen molar-refractivity contribution in [2.24, 2.45) is 0 Å². The second kappa shape index (κ2) is 8.86. The number of anilines is 1. The van der Waals surface area contributed by atoms with E-state index in [-0.39, 0.29) is 23.5 Å². The highest BCUT2D eigenvalue weighted by atomic mass is 32.2. The summed E-state index contributed by atoms with van der Waals surface area (Å²) in [7, 11) is 0.298. The minimum Gasteiger partial charge on any atom is -0.496 e. The van der Waals surface area contributed by atoms with Crippen molar-refractivity contribution in [3.63, 3.8) is 0 Å². The van der Waals surface area contributed by atoms with Crippen molar-refractivity contribution < 1.29 is 17.9 Å². The molecule has 0 bridgehead atoms. The molecule has 0 spiro atoms. The Hall–Kier alpha value is -2.54. The normalized spacial score (nSPS) is 18.8. The monoisotopic (exact) mass is 416 g/mol. The molecule has 2 aromatic rings. The fourth-order valence-corrected chi connectivity index (χ4v) is 5.47. The minimum atomic E-state index is -3.03. The van der Waals surface area contributed by atoms with Gasteiger partial charge < -0.3 is 15.0 Å². The van der Waals surface area contributed by atoms with Crippen LogP contribution in [-0.4, -0.2) is 57.0 Å². The van der Waals surface area contributed by atoms with Crippen LogP contribution < -0.4 is 10.1 Å². The number of ether oxygens (including phenoxy) is 1. The maximum atomic E-state index is 12.8. The molecule has 3 rings (SSSR count). The van der Waals surface area contributed by atoms with E-state index in [0.29, 0.717) is 6.42 Å². The van der Waals surface area contributed by atoms with Crippen LogP contribution in [0.2, 0.25) is 0 Å². The molecule has 1 aliphatic rings. The molecule has 7 heteroatoms. The Labute approximate surface area is 172 Å². The number of hydrogen-bond donors (Lipinski definition) is 1. The molecule has 29 heavy (non-hydrogen) atoms. The Kier molecular flexibility index (Phi) is 6.47. The number of hydrogen-bond acceptors (Lipinski definition) is 5. The average Bonchev–Trinajstić information content (AvgIpc) is 3.07. The molecule has 156 valence electrons. The van der Waals surface area contributed by atoms with Gasteiger partial charge in [-0.25, -0.2) is 8.42 Å². The van der Waals surface area contributed by atoms with Gasteiger partial charge in [-0.05, 0) is 37.1 Å². The number of carbonyl (C=O) groups is 1. The Morgan fingerprint density at radius 3 is 2.59 bits per heavy atom. The standard InChI is InChI=1S/C22H28N2O4S/c1-16(22(25)24(2)20-11-12-29(26,27)15-20)23-19-9-10-21(28-3)18(14-19)13-17-7-5-4-6-8-17/h4-10,14,16,20,23H,11-13,15H2,1-3H3. The van der Waals surface area contributed by atoms with Crippen molar-refractivity contribution >= 4 is 21.4 Å². The highest BCUT2D eigenvalue weighted by Crippen LogP contribution is 2.26. The molecule has 2 aromatic carbocycles. The van der Waals surface area contributed by atoms with Crippen molar-refractivity contribution in [2.75, 3.05) is 31.0 Å². The van der Waals surface area contributed by atoms with E-state index in [1.54, 1.807) is 26.0 Å². The van der Waals surface area contributed by atoms with Gasteiger partial charge in [-0.3, -0.25) is 4.79 Å². The first kappa shape index (κ1) is 21.2. The smallest absolute Gasteiger partial charge is 0.244 e. The van der Waals surface area contributed by atoms with E-state index in [1.807, 2.05) is 36.4 Å². The van der Waals surface area contributed by atoms with Gasteiger partial charge in [0.05, 0.1) is 18.6 Å². The van der Waals surface area contributed by atoms with Crippen LogP contribution in [0.5, 0.6) is 5.75 Å². The molecule has 1 saturated heterocycles. The summed E-state index contributed by atoms with van der Waals surface area (Å²) in [6, 6.07) is 15.2. The predicted octanol–water partition coefficient (Wildman–Crippen LogP) is 2.73. The second-order valence-corrected chi connectivity index (χ2v) is 9.79. The quantitative estimate of drug-likeness (QED) is 0.751. The number of nitrogens with zero attached hydrogens (tertiary/aromatic N) is 1. The number of methoxy groups -OCH3 is 1. The number of likely N-dealkylation sites (N-methyl/N-ethyl adjacent to an activating group) is 1. The summed E-state index contributed by atoms with van der Waals surface area (Å²) in [6.45, 7) is 1.80. The third-order valence-corrected chi connectivity index (χ3v) is 7.13. The third kappa shape index (κ3) is 5.29. The van der Waals surface area contributed by atoms with Crippen LogP contribution in [0.15, 0.2) is 48.5 Å². The van der Waals surface area contributed by atoms with E-state index < -0.39 is 15.9 Å². The van der Waals surface area contributed by atoms with Crippen LogP contribution in [-0.2, 0) is 21.1 Å². The fourth-order valence-electron chi connectivity index (χ4n) is 3.70. The van der Waals surface area contributed by atoms with Crippen LogP contribution in [0.25, 0.3) is 0 Å². The lowest BCUT2D eigenvalue weighted by Crippen LogP contribution is -2.45. The lowest BCUT2D eigenvalue weighted by molar-refractivity contribution is -0.132. The van der Waals surface area contributed by atoms with Crippen LogP contribution in [0.3, 0.4) is 0 Å². The first-order chi connectivity index (χ1) is 13.8. The summed E-state index contributed by atoms with van der Waals surface area (Å²) in [5.41, 5.74) is 3.03. The lowest BCUT2D eigenvalue weighted by Gasteiger charge is -2.27. The maximum Gasteiger partial charge on any atom is 0.244 e. The van der Waals surface area contributed by atoms with Gasteiger partial charge in [0, 0.05) is 30.8 Å². The van der Waals surface area contributed by atoms with Crippen molar-refractivity contribution in [3.05, 3.63) is 59.7 Å². The molecule has 2 atom stereocenters. The van der Waals surface area contributed by atoms with Gasteiger partial charge in [0.15, 0.2) is 9.84 Å². The summed E-state index contributed by atoms with van der Waals surface area (Å²) in [4.78, 5) is 14.4. The zero-order chi connectivity index (χ0) is 21.0. The van der Waals surface area contributed by atoms with Crippen LogP contribution in [0.1, 0.15) is 24.5 Å². The van der Waals surface area contributed by atoms with Crippen molar-refractivity contribution in [3.8, 4) is 5.75 Å². The number of sulfone groups is 1. The number of nitrogens with one attached hydrogen (secondary N) is 1. The van der Waals surface area contributed by atoms with E-state index in [9.17, 15) is 13.2 Å². The van der Waals surface area contributed by atoms with Gasteiger partial charge in [-0.2, -0.15) is 0 Å². The molecule has 0 aromatic heterocycles. The fraction of sp³-hybridized carbons (Fsp3) is 0.409. The first-order valence-corrected chi connectivity index (χ1v) is 11.6. The maximum absolute atomic E-state index is 12.8. The number of carbonyl (C=O) groups excluding carboxylic acids is 1. The van der Waals surface area contributed by atoms with Gasteiger partial charge in [0.1, 0.15) is 11.8 Å². The van der Waals surface area contributed by atoms with E-state index in [0.717, 1.165) is 23.4 Å². The summed E-state index contributed by atoms with van der Waals surface area (Å²) < 4.78 is 28.9. The van der Waals surface area contributed by atoms with E-state index in [1.165, 1.54) is 5.56 Å². The number of amides is 1. The summed E-state index contributed by atoms with van der Waals surface area (Å²) in [5.74, 6) is 0.878. The minimum absolute atomic E-state index is 0.0473. The SMILES string of the molecule is COc1ccc(NC(C)C(=O)N(C)C2CCS(=O)(=O)C2)cc1Cc1ccccc1. The molecule has 1 fully saturated rings. The number of benzene rings is 2. The molecule has 1 aliphatic heterocycles. The summed E-state index contributed by atoms with van der Waals surface area (Å²) in [6.07, 6.45) is 1.22. The van der Waals surface area contributed by atoms with Crippen LogP contribution in [0.4, 0.5) is 5.69 Å². The van der Waals surface area contributed by atoms with Crippen LogP contribution >= 0.6 is 0 Å². The molecule has 0 saturated carbocycles. The van der Waals surface area contributed by atoms with Crippen molar-refractivity contribution in [2.45, 2.75) is 31.8 Å². The van der Waals surface area contributed by atoms with Crippen LogP contribution in [0, 0.1) is 0 Å². The van der Waals surface area contributed by atoms with Crippen molar-refractivity contribution in [1.29, 1.82) is 0 Å². The van der Waals surface area contributed by atoms with Gasteiger partial charge in [-0.15, -0.1) is 0 Å². The summed E-state index contributed by atoms with van der Waals surface area (Å²) in [5, 5.41) is 3.25. The zero-order valence-corrected chi connectivity index (χ0v) is 17.9. The van der Waals surface area contributed by atoms with Crippen molar-refractivity contribution in [1.82, 2.24) is 4.90 Å². The second-order valence-electron chi connectivity index (χ2n) is 7.56. The molecule has 0 radical (unpaired) electrons. The molecule has 1 N–H and O–H groups in total. The molecule has 0 aliphatic carbocycles. The number of rotatable bonds is 7. The highest BCUT2D eigenvalue weighted by Gasteiger charge is 2.34. The Bertz CT molecular complexity index is 960. The molecular weight excluding hydrogens is 388 g/mol. The Morgan fingerprint density at radius 1 is 1.24 bits per heavy atom. The molecule has 1 amide bonds. The lowest BCUT2D eigenvalue weighted by atomic mass is 10.0. The van der Waals surface area contributed by atoms with Gasteiger partial charge >= 0.3 is 0 Å². The third-order valence-electron chi connectivity index (χ3n) is 5.38. The molecular formula is C22H28N2O4S.